The van der Waals surface area contributed by atoms with Crippen molar-refractivity contribution in [2.45, 2.75) is 33.2 Å². The Kier molecular flexibility index (Phi) is 6.73. The van der Waals surface area contributed by atoms with Gasteiger partial charge in [0.2, 0.25) is 0 Å². The molecule has 0 bridgehead atoms. The predicted octanol–water partition coefficient (Wildman–Crippen LogP) is 3.61. The van der Waals surface area contributed by atoms with Crippen LogP contribution in [0.25, 0.3) is 10.9 Å². The van der Waals surface area contributed by atoms with Crippen molar-refractivity contribution in [1.29, 1.82) is 0 Å². The number of rotatable bonds is 5. The zero-order valence-corrected chi connectivity index (χ0v) is 18.0. The number of aliphatic carboxylic acids is 2. The number of hydrogen-bond donors (Lipinski definition) is 3. The van der Waals surface area contributed by atoms with Crippen LogP contribution in [0.3, 0.4) is 0 Å². The molecular weight excluding hydrogens is 408 g/mol. The molecule has 1 atom stereocenters. The van der Waals surface area contributed by atoms with Gasteiger partial charge < -0.3 is 15.9 Å². The Balaban J connectivity index is 0.000000195. The van der Waals surface area contributed by atoms with E-state index in [1.54, 1.807) is 0 Å². The molecule has 3 aromatic rings. The van der Waals surface area contributed by atoms with E-state index < -0.39 is 17.4 Å². The number of carbonyl (C=O) groups is 2. The topological polar surface area (TPSA) is 131 Å². The zero-order chi connectivity index (χ0) is 23.3. The third-order valence-corrected chi connectivity index (χ3v) is 5.33. The fourth-order valence-electron chi connectivity index (χ4n) is 3.45. The third-order valence-electron chi connectivity index (χ3n) is 5.33. The lowest BCUT2D eigenvalue weighted by molar-refractivity contribution is -0.145. The van der Waals surface area contributed by atoms with Crippen molar-refractivity contribution in [3.63, 3.8) is 0 Å². The number of nitrogens with two attached hydrogens (primary N) is 1. The molecule has 1 aromatic carbocycles. The summed E-state index contributed by atoms with van der Waals surface area (Å²) in [5, 5.41) is 22.9. The van der Waals surface area contributed by atoms with Crippen LogP contribution in [0.15, 0.2) is 66.4 Å². The zero-order valence-electron chi connectivity index (χ0n) is 18.0. The molecule has 0 saturated carbocycles. The number of benzene rings is 1. The van der Waals surface area contributed by atoms with E-state index in [2.05, 4.69) is 10.1 Å². The first-order valence-corrected chi connectivity index (χ1v) is 10.2. The van der Waals surface area contributed by atoms with Crippen molar-refractivity contribution in [2.24, 2.45) is 5.41 Å². The summed E-state index contributed by atoms with van der Waals surface area (Å²) in [5.74, 6) is -2.06. The van der Waals surface area contributed by atoms with Crippen molar-refractivity contribution in [2.75, 3.05) is 5.73 Å². The molecule has 1 aliphatic carbocycles. The average Bonchev–Trinajstić information content (AvgIpc) is 3.17. The molecule has 32 heavy (non-hydrogen) atoms. The minimum Gasteiger partial charge on any atom is -0.481 e. The number of nitrogen functional groups attached to an aromatic ring is 1. The van der Waals surface area contributed by atoms with E-state index in [1.165, 1.54) is 25.2 Å². The summed E-state index contributed by atoms with van der Waals surface area (Å²) in [7, 11) is 0. The standard InChI is InChI=1S/C15H16N4.C9H10O4/c1-11-4-2-5-12(18-11)8-9-19-15-7-3-6-14(16)13(15)10-17-19;1-9(8(12)13)4-2-3-6(5-9)7(10)11/h2-7,10H,8-9,16H2,1H3;2-4H,5H2,1H3,(H,10,11)(H,12,13). The van der Waals surface area contributed by atoms with Crippen molar-refractivity contribution in [3.05, 3.63) is 77.8 Å². The second-order valence-electron chi connectivity index (χ2n) is 7.92. The smallest absolute Gasteiger partial charge is 0.331 e. The van der Waals surface area contributed by atoms with Crippen LogP contribution in [0.2, 0.25) is 0 Å². The summed E-state index contributed by atoms with van der Waals surface area (Å²) in [6, 6.07) is 12.0. The van der Waals surface area contributed by atoms with Gasteiger partial charge in [-0.15, -0.1) is 0 Å². The predicted molar refractivity (Wildman–Crippen MR) is 122 cm³/mol. The fraction of sp³-hybridized carbons (Fsp3) is 0.250. The number of nitrogens with zero attached hydrogens (tertiary/aromatic N) is 3. The fourth-order valence-corrected chi connectivity index (χ4v) is 3.45. The minimum absolute atomic E-state index is 0.0359. The van der Waals surface area contributed by atoms with Crippen LogP contribution in [0.4, 0.5) is 5.69 Å². The molecule has 8 nitrogen and oxygen atoms in total. The molecule has 0 radical (unpaired) electrons. The van der Waals surface area contributed by atoms with Gasteiger partial charge in [0.05, 0.1) is 17.1 Å². The van der Waals surface area contributed by atoms with E-state index in [0.29, 0.717) is 0 Å². The van der Waals surface area contributed by atoms with E-state index in [9.17, 15) is 9.59 Å². The van der Waals surface area contributed by atoms with Gasteiger partial charge in [0.1, 0.15) is 0 Å². The van der Waals surface area contributed by atoms with E-state index in [1.807, 2.05) is 54.2 Å². The van der Waals surface area contributed by atoms with Gasteiger partial charge in [-0.25, -0.2) is 4.79 Å². The highest BCUT2D eigenvalue weighted by Gasteiger charge is 2.34. The molecule has 2 heterocycles. The Hall–Kier alpha value is -3.94. The van der Waals surface area contributed by atoms with Crippen molar-refractivity contribution < 1.29 is 19.8 Å². The molecule has 2 aromatic heterocycles. The maximum atomic E-state index is 10.8. The number of fused-ring (bicyclic) bond motifs is 1. The van der Waals surface area contributed by atoms with Crippen LogP contribution in [0, 0.1) is 12.3 Å². The number of aryl methyl sites for hydroxylation is 3. The van der Waals surface area contributed by atoms with Crippen LogP contribution in [-0.4, -0.2) is 36.9 Å². The monoisotopic (exact) mass is 434 g/mol. The molecule has 166 valence electrons. The molecule has 0 fully saturated rings. The van der Waals surface area contributed by atoms with Gasteiger partial charge in [0, 0.05) is 41.0 Å². The molecule has 0 amide bonds. The average molecular weight is 434 g/mol. The first-order valence-electron chi connectivity index (χ1n) is 10.2. The molecule has 0 aliphatic heterocycles. The number of carboxylic acid groups (broad SMARTS) is 2. The van der Waals surface area contributed by atoms with Crippen LogP contribution in [0.1, 0.15) is 24.7 Å². The summed E-state index contributed by atoms with van der Waals surface area (Å²) >= 11 is 0. The van der Waals surface area contributed by atoms with Gasteiger partial charge >= 0.3 is 11.9 Å². The van der Waals surface area contributed by atoms with Crippen LogP contribution >= 0.6 is 0 Å². The van der Waals surface area contributed by atoms with Gasteiger partial charge in [0.25, 0.3) is 0 Å². The Bertz CT molecular complexity index is 1210. The number of carboxylic acids is 2. The molecule has 1 unspecified atom stereocenters. The summed E-state index contributed by atoms with van der Waals surface area (Å²) in [6.07, 6.45) is 7.13. The molecule has 0 saturated heterocycles. The van der Waals surface area contributed by atoms with Crippen molar-refractivity contribution in [1.82, 2.24) is 14.8 Å². The number of pyridine rings is 1. The van der Waals surface area contributed by atoms with Crippen molar-refractivity contribution >= 4 is 28.5 Å². The van der Waals surface area contributed by atoms with E-state index in [-0.39, 0.29) is 12.0 Å². The van der Waals surface area contributed by atoms with E-state index >= 15 is 0 Å². The van der Waals surface area contributed by atoms with Gasteiger partial charge in [0.15, 0.2) is 0 Å². The molecular formula is C24H26N4O4. The lowest BCUT2D eigenvalue weighted by atomic mass is 9.80. The normalized spacial score (nSPS) is 17.4. The number of hydrogen-bond acceptors (Lipinski definition) is 5. The Morgan fingerprint density at radius 3 is 2.62 bits per heavy atom. The molecule has 4 rings (SSSR count). The second kappa shape index (κ2) is 9.47. The minimum atomic E-state index is -1.08. The highest BCUT2D eigenvalue weighted by atomic mass is 16.4. The van der Waals surface area contributed by atoms with E-state index in [4.69, 9.17) is 15.9 Å². The highest BCUT2D eigenvalue weighted by Crippen LogP contribution is 2.31. The first kappa shape index (κ1) is 22.7. The summed E-state index contributed by atoms with van der Waals surface area (Å²) in [5.41, 5.74) is 8.97. The lowest BCUT2D eigenvalue weighted by Crippen LogP contribution is -2.28. The van der Waals surface area contributed by atoms with Gasteiger partial charge in [-0.1, -0.05) is 30.4 Å². The summed E-state index contributed by atoms with van der Waals surface area (Å²) in [4.78, 5) is 25.8. The lowest BCUT2D eigenvalue weighted by Gasteiger charge is -2.23. The Morgan fingerprint density at radius 1 is 1.19 bits per heavy atom. The van der Waals surface area contributed by atoms with Crippen molar-refractivity contribution in [3.8, 4) is 0 Å². The number of aromatic nitrogens is 3. The number of allylic oxidation sites excluding steroid dienone is 2. The van der Waals surface area contributed by atoms with Gasteiger partial charge in [-0.3, -0.25) is 14.5 Å². The SMILES string of the molecule is CC1(C(=O)O)C=CC=C(C(=O)O)C1.Cc1cccc(CCn2ncc3c(N)cccc32)n1. The summed E-state index contributed by atoms with van der Waals surface area (Å²) < 4.78 is 1.98. The Labute approximate surface area is 185 Å². The quantitative estimate of drug-likeness (QED) is 0.523. The van der Waals surface area contributed by atoms with Crippen LogP contribution < -0.4 is 5.73 Å². The van der Waals surface area contributed by atoms with Crippen LogP contribution in [-0.2, 0) is 22.6 Å². The molecule has 1 aliphatic rings. The molecule has 4 N–H and O–H groups in total. The maximum Gasteiger partial charge on any atom is 0.331 e. The largest absolute Gasteiger partial charge is 0.481 e. The maximum absolute atomic E-state index is 10.8. The van der Waals surface area contributed by atoms with Gasteiger partial charge in [-0.2, -0.15) is 5.10 Å². The first-order chi connectivity index (χ1) is 15.2. The molecule has 0 spiro atoms. The van der Waals surface area contributed by atoms with E-state index in [0.717, 1.165) is 40.9 Å². The van der Waals surface area contributed by atoms with Crippen LogP contribution in [0.5, 0.6) is 0 Å². The molecule has 8 heteroatoms. The number of anilines is 1. The van der Waals surface area contributed by atoms with Gasteiger partial charge in [-0.05, 0) is 44.5 Å². The highest BCUT2D eigenvalue weighted by molar-refractivity contribution is 5.90. The second-order valence-corrected chi connectivity index (χ2v) is 7.92. The third kappa shape index (κ3) is 5.21. The Morgan fingerprint density at radius 2 is 1.94 bits per heavy atom. The summed E-state index contributed by atoms with van der Waals surface area (Å²) in [6.45, 7) is 4.32.